The summed E-state index contributed by atoms with van der Waals surface area (Å²) >= 11 is 18.9. The normalized spacial score (nSPS) is 12.2. The van der Waals surface area contributed by atoms with Crippen LogP contribution in [-0.2, 0) is 32.6 Å². The highest BCUT2D eigenvalue weighted by Crippen LogP contribution is 2.31. The predicted octanol–water partition coefficient (Wildman–Crippen LogP) is 5.83. The molecule has 214 valence electrons. The highest BCUT2D eigenvalue weighted by molar-refractivity contribution is 7.92. The van der Waals surface area contributed by atoms with Crippen LogP contribution in [0.4, 0.5) is 5.69 Å². The molecule has 0 radical (unpaired) electrons. The Bertz CT molecular complexity index is 1440. The zero-order valence-electron chi connectivity index (χ0n) is 22.5. The summed E-state index contributed by atoms with van der Waals surface area (Å²) in [5, 5.41) is 3.71. The van der Waals surface area contributed by atoms with Crippen LogP contribution in [0.3, 0.4) is 0 Å². The van der Waals surface area contributed by atoms with Gasteiger partial charge in [0, 0.05) is 29.6 Å². The Hall–Kier alpha value is -2.78. The fourth-order valence-corrected chi connectivity index (χ4v) is 5.54. The van der Waals surface area contributed by atoms with Crippen LogP contribution < -0.4 is 9.62 Å². The largest absolute Gasteiger partial charge is 0.354 e. The Morgan fingerprint density at radius 2 is 1.55 bits per heavy atom. The number of anilines is 1. The van der Waals surface area contributed by atoms with Gasteiger partial charge in [0.1, 0.15) is 12.6 Å². The summed E-state index contributed by atoms with van der Waals surface area (Å²) in [5.41, 5.74) is 1.51. The van der Waals surface area contributed by atoms with Gasteiger partial charge in [0.05, 0.1) is 17.0 Å². The van der Waals surface area contributed by atoms with Crippen LogP contribution in [0, 0.1) is 5.92 Å². The van der Waals surface area contributed by atoms with Gasteiger partial charge in [0.2, 0.25) is 21.8 Å². The molecule has 0 aliphatic rings. The molecular weight excluding hydrogens is 593 g/mol. The molecule has 40 heavy (non-hydrogen) atoms. The minimum atomic E-state index is -3.98. The fraction of sp³-hybridized carbons (Fsp3) is 0.310. The molecule has 0 aliphatic carbocycles. The molecule has 0 unspecified atom stereocenters. The third-order valence-corrected chi connectivity index (χ3v) is 8.16. The van der Waals surface area contributed by atoms with Crippen LogP contribution >= 0.6 is 34.8 Å². The van der Waals surface area contributed by atoms with Gasteiger partial charge in [0.25, 0.3) is 0 Å². The molecule has 7 nitrogen and oxygen atoms in total. The van der Waals surface area contributed by atoms with Gasteiger partial charge in [-0.05, 0) is 41.3 Å². The van der Waals surface area contributed by atoms with Gasteiger partial charge in [-0.3, -0.25) is 13.9 Å². The summed E-state index contributed by atoms with van der Waals surface area (Å²) in [6.07, 6.45) is 1.18. The van der Waals surface area contributed by atoms with E-state index < -0.39 is 28.5 Å². The second-order valence-corrected chi connectivity index (χ2v) is 13.0. The maximum Gasteiger partial charge on any atom is 0.244 e. The van der Waals surface area contributed by atoms with Crippen LogP contribution in [0.15, 0.2) is 72.8 Å². The van der Waals surface area contributed by atoms with Crippen molar-refractivity contribution in [3.8, 4) is 0 Å². The van der Waals surface area contributed by atoms with E-state index in [0.717, 1.165) is 16.1 Å². The first-order chi connectivity index (χ1) is 18.9. The number of benzene rings is 3. The van der Waals surface area contributed by atoms with E-state index >= 15 is 0 Å². The lowest BCUT2D eigenvalue weighted by molar-refractivity contribution is -0.140. The number of hydrogen-bond acceptors (Lipinski definition) is 4. The highest BCUT2D eigenvalue weighted by Gasteiger charge is 2.33. The molecule has 3 rings (SSSR count). The van der Waals surface area contributed by atoms with Gasteiger partial charge < -0.3 is 10.2 Å². The third-order valence-electron chi connectivity index (χ3n) is 6.11. The van der Waals surface area contributed by atoms with E-state index in [1.54, 1.807) is 24.3 Å². The number of amides is 2. The summed E-state index contributed by atoms with van der Waals surface area (Å²) < 4.78 is 26.7. The summed E-state index contributed by atoms with van der Waals surface area (Å²) in [6, 6.07) is 19.7. The van der Waals surface area contributed by atoms with Gasteiger partial charge in [-0.1, -0.05) is 97.2 Å². The summed E-state index contributed by atoms with van der Waals surface area (Å²) in [7, 11) is -3.98. The Morgan fingerprint density at radius 3 is 2.17 bits per heavy atom. The molecule has 3 aromatic rings. The first kappa shape index (κ1) is 31.7. The molecule has 1 N–H and O–H groups in total. The van der Waals surface area contributed by atoms with Crippen molar-refractivity contribution < 1.29 is 18.0 Å². The van der Waals surface area contributed by atoms with Crippen molar-refractivity contribution >= 4 is 62.3 Å². The van der Waals surface area contributed by atoms with Crippen molar-refractivity contribution in [1.29, 1.82) is 0 Å². The van der Waals surface area contributed by atoms with Gasteiger partial charge in [-0.25, -0.2) is 8.42 Å². The molecule has 0 saturated heterocycles. The number of nitrogens with zero attached hydrogens (tertiary/aromatic N) is 2. The molecule has 0 saturated carbocycles. The molecule has 0 bridgehead atoms. The number of carbonyl (C=O) groups is 2. The fourth-order valence-electron chi connectivity index (χ4n) is 4.06. The lowest BCUT2D eigenvalue weighted by atomic mass is 10.0. The SMILES string of the molecule is CC(C)CNC(=O)[C@@H](Cc1ccccc1)N(Cc1ccccc1Cl)C(=O)CN(c1cc(Cl)ccc1Cl)S(C)(=O)=O. The Kier molecular flexibility index (Phi) is 11.3. The van der Waals surface area contributed by atoms with Crippen molar-refractivity contribution in [1.82, 2.24) is 10.2 Å². The topological polar surface area (TPSA) is 86.8 Å². The molecule has 0 fully saturated rings. The van der Waals surface area contributed by atoms with E-state index in [2.05, 4.69) is 5.32 Å². The number of sulfonamides is 1. The second-order valence-electron chi connectivity index (χ2n) is 9.82. The van der Waals surface area contributed by atoms with E-state index in [-0.39, 0.29) is 40.5 Å². The minimum absolute atomic E-state index is 0.0218. The lowest BCUT2D eigenvalue weighted by Gasteiger charge is -2.34. The van der Waals surface area contributed by atoms with Crippen molar-refractivity contribution in [2.45, 2.75) is 32.9 Å². The van der Waals surface area contributed by atoms with Gasteiger partial charge >= 0.3 is 0 Å². The molecule has 2 amide bonds. The number of carbonyl (C=O) groups excluding carboxylic acids is 2. The third kappa shape index (κ3) is 8.86. The molecular formula is C29H32Cl3N3O4S. The number of hydrogen-bond donors (Lipinski definition) is 1. The molecule has 0 spiro atoms. The van der Waals surface area contributed by atoms with Crippen LogP contribution in [0.5, 0.6) is 0 Å². The van der Waals surface area contributed by atoms with Gasteiger partial charge in [-0.2, -0.15) is 0 Å². The quantitative estimate of drug-likeness (QED) is 0.275. The van der Waals surface area contributed by atoms with Crippen LogP contribution in [0.2, 0.25) is 15.1 Å². The highest BCUT2D eigenvalue weighted by atomic mass is 35.5. The van der Waals surface area contributed by atoms with Crippen LogP contribution in [0.1, 0.15) is 25.0 Å². The van der Waals surface area contributed by atoms with Crippen molar-refractivity contribution in [2.24, 2.45) is 5.92 Å². The summed E-state index contributed by atoms with van der Waals surface area (Å²) in [6.45, 7) is 3.72. The summed E-state index contributed by atoms with van der Waals surface area (Å²) in [4.78, 5) is 29.1. The maximum absolute atomic E-state index is 14.1. The van der Waals surface area contributed by atoms with E-state index in [4.69, 9.17) is 34.8 Å². The Morgan fingerprint density at radius 1 is 0.900 bits per heavy atom. The first-order valence-corrected chi connectivity index (χ1v) is 15.6. The monoisotopic (exact) mass is 623 g/mol. The van der Waals surface area contributed by atoms with Crippen molar-refractivity contribution in [3.05, 3.63) is 99.0 Å². The van der Waals surface area contributed by atoms with E-state index in [1.807, 2.05) is 44.2 Å². The zero-order valence-corrected chi connectivity index (χ0v) is 25.6. The van der Waals surface area contributed by atoms with E-state index in [1.165, 1.54) is 23.1 Å². The molecule has 0 aromatic heterocycles. The van der Waals surface area contributed by atoms with Crippen molar-refractivity contribution in [2.75, 3.05) is 23.7 Å². The Labute approximate surface area is 251 Å². The van der Waals surface area contributed by atoms with Gasteiger partial charge in [0.15, 0.2) is 0 Å². The molecule has 1 atom stereocenters. The van der Waals surface area contributed by atoms with Gasteiger partial charge in [-0.15, -0.1) is 0 Å². The minimum Gasteiger partial charge on any atom is -0.354 e. The number of nitrogens with one attached hydrogen (secondary N) is 1. The lowest BCUT2D eigenvalue weighted by Crippen LogP contribution is -2.53. The standard InChI is InChI=1S/C29H32Cl3N3O4S/c1-20(2)17-33-29(37)27(15-21-9-5-4-6-10-21)34(18-22-11-7-8-12-24(22)31)28(36)19-35(40(3,38)39)26-16-23(30)13-14-25(26)32/h4-14,16,20,27H,15,17-19H2,1-3H3,(H,33,37)/t27-/m1/s1. The molecule has 0 aliphatic heterocycles. The smallest absolute Gasteiger partial charge is 0.244 e. The average Bonchev–Trinajstić information content (AvgIpc) is 2.90. The van der Waals surface area contributed by atoms with E-state index in [0.29, 0.717) is 17.1 Å². The first-order valence-electron chi connectivity index (χ1n) is 12.6. The zero-order chi connectivity index (χ0) is 29.4. The van der Waals surface area contributed by atoms with Crippen LogP contribution in [0.25, 0.3) is 0 Å². The molecule has 11 heteroatoms. The number of halogens is 3. The molecule has 3 aromatic carbocycles. The Balaban J connectivity index is 2.08. The van der Waals surface area contributed by atoms with E-state index in [9.17, 15) is 18.0 Å². The average molecular weight is 625 g/mol. The maximum atomic E-state index is 14.1. The van der Waals surface area contributed by atoms with Crippen LogP contribution in [-0.4, -0.2) is 50.5 Å². The number of rotatable bonds is 12. The van der Waals surface area contributed by atoms with Crippen molar-refractivity contribution in [3.63, 3.8) is 0 Å². The summed E-state index contributed by atoms with van der Waals surface area (Å²) in [5.74, 6) is -0.786. The molecule has 0 heterocycles. The predicted molar refractivity (Wildman–Crippen MR) is 162 cm³/mol. The second kappa shape index (κ2) is 14.2.